The summed E-state index contributed by atoms with van der Waals surface area (Å²) >= 11 is 1.36. The molecular weight excluding hydrogens is 444 g/mol. The normalized spacial score (nSPS) is 13.8. The second-order valence-corrected chi connectivity index (χ2v) is 10.9. The standard InChI is InChI=1S/C23H22N4O3S2/c1-3-32(29,30)26-11-10-16-13-17(8-9-19(16)26)21(28)14-31-23-25-24-22-12-15(2)18-6-4-5-7-20(18)27(22)23/h4-9,12-13H,3,10-11,14H2,1-2H3. The fourth-order valence-electron chi connectivity index (χ4n) is 4.17. The van der Waals surface area contributed by atoms with Crippen LogP contribution in [0.15, 0.2) is 53.7 Å². The first kappa shape index (κ1) is 21.0. The number of aryl methyl sites for hydroxylation is 1. The van der Waals surface area contributed by atoms with E-state index in [1.54, 1.807) is 19.1 Å². The number of fused-ring (bicyclic) bond motifs is 4. The molecule has 0 fully saturated rings. The van der Waals surface area contributed by atoms with Crippen LogP contribution in [0.25, 0.3) is 16.6 Å². The quantitative estimate of drug-likeness (QED) is 0.317. The van der Waals surface area contributed by atoms with Gasteiger partial charge in [-0.2, -0.15) is 0 Å². The molecule has 4 aromatic rings. The Hall–Kier alpha value is -2.91. The molecule has 2 aromatic carbocycles. The lowest BCUT2D eigenvalue weighted by atomic mass is 10.1. The number of thioether (sulfide) groups is 1. The zero-order chi connectivity index (χ0) is 22.5. The number of rotatable bonds is 6. The molecule has 0 saturated carbocycles. The zero-order valence-corrected chi connectivity index (χ0v) is 19.4. The van der Waals surface area contributed by atoms with E-state index < -0.39 is 10.0 Å². The predicted molar refractivity (Wildman–Crippen MR) is 127 cm³/mol. The van der Waals surface area contributed by atoms with E-state index in [1.807, 2.05) is 41.7 Å². The summed E-state index contributed by atoms with van der Waals surface area (Å²) in [5, 5.41) is 10.4. The summed E-state index contributed by atoms with van der Waals surface area (Å²) in [4.78, 5) is 12.9. The van der Waals surface area contributed by atoms with E-state index in [-0.39, 0.29) is 17.3 Å². The van der Waals surface area contributed by atoms with Crippen molar-refractivity contribution in [2.75, 3.05) is 22.4 Å². The lowest BCUT2D eigenvalue weighted by Crippen LogP contribution is -2.30. The first-order chi connectivity index (χ1) is 15.4. The van der Waals surface area contributed by atoms with E-state index in [0.717, 1.165) is 27.7 Å². The van der Waals surface area contributed by atoms with Crippen molar-refractivity contribution in [1.29, 1.82) is 0 Å². The van der Waals surface area contributed by atoms with Gasteiger partial charge >= 0.3 is 0 Å². The van der Waals surface area contributed by atoms with Gasteiger partial charge in [-0.1, -0.05) is 30.0 Å². The molecule has 0 amide bonds. The van der Waals surface area contributed by atoms with Gasteiger partial charge in [-0.25, -0.2) is 8.42 Å². The molecule has 0 aliphatic carbocycles. The summed E-state index contributed by atoms with van der Waals surface area (Å²) in [6, 6.07) is 15.4. The van der Waals surface area contributed by atoms with Crippen LogP contribution in [0.5, 0.6) is 0 Å². The fraction of sp³-hybridized carbons (Fsp3) is 0.261. The van der Waals surface area contributed by atoms with E-state index in [0.29, 0.717) is 29.4 Å². The Kier molecular flexibility index (Phi) is 5.17. The fourth-order valence-corrected chi connectivity index (χ4v) is 6.18. The number of hydrogen-bond donors (Lipinski definition) is 0. The molecule has 0 atom stereocenters. The largest absolute Gasteiger partial charge is 0.293 e. The molecule has 3 heterocycles. The molecule has 0 N–H and O–H groups in total. The number of ketones is 1. The molecule has 164 valence electrons. The van der Waals surface area contributed by atoms with Gasteiger partial charge in [0.05, 0.1) is 22.7 Å². The second-order valence-electron chi connectivity index (χ2n) is 7.80. The monoisotopic (exact) mass is 466 g/mol. The van der Waals surface area contributed by atoms with Gasteiger partial charge in [0.25, 0.3) is 0 Å². The molecule has 0 saturated heterocycles. The highest BCUT2D eigenvalue weighted by Gasteiger charge is 2.28. The van der Waals surface area contributed by atoms with Crippen LogP contribution in [0.3, 0.4) is 0 Å². The Labute approximate surface area is 190 Å². The minimum atomic E-state index is -3.30. The third kappa shape index (κ3) is 3.45. The van der Waals surface area contributed by atoms with Crippen molar-refractivity contribution >= 4 is 49.8 Å². The number of nitrogens with zero attached hydrogens (tertiary/aromatic N) is 4. The van der Waals surface area contributed by atoms with E-state index in [9.17, 15) is 13.2 Å². The Morgan fingerprint density at radius 2 is 1.94 bits per heavy atom. The van der Waals surface area contributed by atoms with E-state index >= 15 is 0 Å². The molecule has 5 rings (SSSR count). The van der Waals surface area contributed by atoms with Gasteiger partial charge in [0.15, 0.2) is 16.6 Å². The summed E-state index contributed by atoms with van der Waals surface area (Å²) in [6.07, 6.45) is 0.614. The highest BCUT2D eigenvalue weighted by Crippen LogP contribution is 2.32. The van der Waals surface area contributed by atoms with Crippen LogP contribution in [0.4, 0.5) is 5.69 Å². The number of anilines is 1. The average Bonchev–Trinajstić information content (AvgIpc) is 3.41. The molecule has 1 aliphatic heterocycles. The molecule has 7 nitrogen and oxygen atoms in total. The van der Waals surface area contributed by atoms with Gasteiger partial charge in [0.1, 0.15) is 0 Å². The Morgan fingerprint density at radius 3 is 2.75 bits per heavy atom. The number of benzene rings is 2. The molecule has 9 heteroatoms. The summed E-state index contributed by atoms with van der Waals surface area (Å²) in [6.45, 7) is 4.12. The van der Waals surface area contributed by atoms with Gasteiger partial charge in [0, 0.05) is 17.5 Å². The van der Waals surface area contributed by atoms with Crippen LogP contribution in [0.2, 0.25) is 0 Å². The SMILES string of the molecule is CCS(=O)(=O)N1CCc2cc(C(=O)CSc3nnc4cc(C)c5ccccc5n34)ccc21. The number of pyridine rings is 1. The predicted octanol–water partition coefficient (Wildman–Crippen LogP) is 3.88. The van der Waals surface area contributed by atoms with Crippen LogP contribution < -0.4 is 4.31 Å². The van der Waals surface area contributed by atoms with Crippen molar-refractivity contribution in [3.8, 4) is 0 Å². The summed E-state index contributed by atoms with van der Waals surface area (Å²) in [5.41, 5.74) is 5.06. The van der Waals surface area contributed by atoms with Crippen molar-refractivity contribution in [2.24, 2.45) is 0 Å². The molecule has 0 radical (unpaired) electrons. The van der Waals surface area contributed by atoms with Crippen molar-refractivity contribution in [2.45, 2.75) is 25.4 Å². The lowest BCUT2D eigenvalue weighted by Gasteiger charge is -2.18. The van der Waals surface area contributed by atoms with E-state index in [2.05, 4.69) is 16.3 Å². The Balaban J connectivity index is 1.39. The van der Waals surface area contributed by atoms with Crippen molar-refractivity contribution in [3.63, 3.8) is 0 Å². The summed E-state index contributed by atoms with van der Waals surface area (Å²) in [5.74, 6) is 0.256. The third-order valence-corrected chi connectivity index (χ3v) is 8.57. The number of sulfonamides is 1. The number of carbonyl (C=O) groups excluding carboxylic acids is 1. The highest BCUT2D eigenvalue weighted by atomic mass is 32.2. The lowest BCUT2D eigenvalue weighted by molar-refractivity contribution is 0.102. The number of aromatic nitrogens is 3. The molecular formula is C23H22N4O3S2. The third-order valence-electron chi connectivity index (χ3n) is 5.86. The summed E-state index contributed by atoms with van der Waals surface area (Å²) in [7, 11) is -3.30. The van der Waals surface area contributed by atoms with Gasteiger partial charge < -0.3 is 0 Å². The van der Waals surface area contributed by atoms with Crippen LogP contribution in [0.1, 0.15) is 28.4 Å². The van der Waals surface area contributed by atoms with Crippen LogP contribution in [-0.4, -0.2) is 46.8 Å². The number of hydrogen-bond acceptors (Lipinski definition) is 6. The number of Topliss-reactive ketones (excluding diaryl/α,β-unsaturated/α-hetero) is 1. The minimum absolute atomic E-state index is 0.0252. The highest BCUT2D eigenvalue weighted by molar-refractivity contribution is 7.99. The van der Waals surface area contributed by atoms with Crippen LogP contribution >= 0.6 is 11.8 Å². The first-order valence-corrected chi connectivity index (χ1v) is 13.0. The van der Waals surface area contributed by atoms with Gasteiger partial charge in [0.2, 0.25) is 10.0 Å². The number of para-hydroxylation sites is 1. The van der Waals surface area contributed by atoms with Gasteiger partial charge in [-0.3, -0.25) is 13.5 Å². The zero-order valence-electron chi connectivity index (χ0n) is 17.8. The minimum Gasteiger partial charge on any atom is -0.293 e. The van der Waals surface area contributed by atoms with Crippen molar-refractivity contribution in [3.05, 3.63) is 65.2 Å². The Bertz CT molecular complexity index is 1480. The van der Waals surface area contributed by atoms with Crippen LogP contribution in [0, 0.1) is 6.92 Å². The summed E-state index contributed by atoms with van der Waals surface area (Å²) < 4.78 is 28.0. The Morgan fingerprint density at radius 1 is 1.12 bits per heavy atom. The van der Waals surface area contributed by atoms with E-state index in [1.165, 1.54) is 16.1 Å². The average molecular weight is 467 g/mol. The maximum absolute atomic E-state index is 12.9. The maximum Gasteiger partial charge on any atom is 0.234 e. The topological polar surface area (TPSA) is 84.6 Å². The number of carbonyl (C=O) groups is 1. The van der Waals surface area contributed by atoms with E-state index in [4.69, 9.17) is 0 Å². The molecule has 0 unspecified atom stereocenters. The van der Waals surface area contributed by atoms with Crippen molar-refractivity contribution in [1.82, 2.24) is 14.6 Å². The van der Waals surface area contributed by atoms with Gasteiger partial charge in [-0.05, 0) is 61.7 Å². The molecule has 2 aromatic heterocycles. The maximum atomic E-state index is 12.9. The molecule has 0 spiro atoms. The van der Waals surface area contributed by atoms with Crippen LogP contribution in [-0.2, 0) is 16.4 Å². The molecule has 1 aliphatic rings. The molecule has 0 bridgehead atoms. The smallest absolute Gasteiger partial charge is 0.234 e. The first-order valence-electron chi connectivity index (χ1n) is 10.4. The molecule has 32 heavy (non-hydrogen) atoms. The second kappa shape index (κ2) is 7.90. The van der Waals surface area contributed by atoms with Gasteiger partial charge in [-0.15, -0.1) is 10.2 Å². The van der Waals surface area contributed by atoms with Crippen molar-refractivity contribution < 1.29 is 13.2 Å².